The minimum atomic E-state index is -1.71. The van der Waals surface area contributed by atoms with Gasteiger partial charge in [-0.1, -0.05) is 17.8 Å². The molecular formula is C22H22F2N6OS2. The van der Waals surface area contributed by atoms with Crippen molar-refractivity contribution < 1.29 is 13.9 Å². The molecule has 2 unspecified atom stereocenters. The Bertz CT molecular complexity index is 1220. The fourth-order valence-electron chi connectivity index (χ4n) is 3.37. The van der Waals surface area contributed by atoms with Crippen molar-refractivity contribution in [2.45, 2.75) is 28.7 Å². The smallest absolute Gasteiger partial charge is 0.174 e. The Morgan fingerprint density at radius 1 is 1.18 bits per heavy atom. The van der Waals surface area contributed by atoms with Gasteiger partial charge in [-0.05, 0) is 48.8 Å². The van der Waals surface area contributed by atoms with Crippen molar-refractivity contribution in [3.63, 3.8) is 0 Å². The van der Waals surface area contributed by atoms with E-state index in [9.17, 15) is 13.9 Å². The molecule has 0 spiro atoms. The summed E-state index contributed by atoms with van der Waals surface area (Å²) in [7, 11) is 3.94. The second-order valence-corrected chi connectivity index (χ2v) is 10.1. The van der Waals surface area contributed by atoms with E-state index in [2.05, 4.69) is 19.4 Å². The third kappa shape index (κ3) is 5.05. The van der Waals surface area contributed by atoms with Crippen molar-refractivity contribution in [3.8, 4) is 11.4 Å². The molecule has 2 aromatic heterocycles. The lowest BCUT2D eigenvalue weighted by atomic mass is 9.90. The molecule has 0 aliphatic heterocycles. The number of aliphatic hydroxyl groups is 1. The van der Waals surface area contributed by atoms with Gasteiger partial charge in [0.25, 0.3) is 0 Å². The van der Waals surface area contributed by atoms with Gasteiger partial charge in [-0.25, -0.2) is 23.4 Å². The summed E-state index contributed by atoms with van der Waals surface area (Å²) < 4.78 is 34.7. The van der Waals surface area contributed by atoms with Crippen LogP contribution >= 0.6 is 23.3 Å². The van der Waals surface area contributed by atoms with E-state index >= 15 is 0 Å². The zero-order chi connectivity index (χ0) is 23.6. The molecule has 4 aromatic rings. The third-order valence-electron chi connectivity index (χ3n) is 5.27. The lowest BCUT2D eigenvalue weighted by Crippen LogP contribution is -2.41. The Kier molecular flexibility index (Phi) is 6.73. The number of benzene rings is 2. The molecule has 33 heavy (non-hydrogen) atoms. The summed E-state index contributed by atoms with van der Waals surface area (Å²) in [5.74, 6) is -0.967. The van der Waals surface area contributed by atoms with Gasteiger partial charge in [-0.3, -0.25) is 0 Å². The molecule has 0 fully saturated rings. The number of hydrogen-bond acceptors (Lipinski definition) is 8. The summed E-state index contributed by atoms with van der Waals surface area (Å²) in [4.78, 5) is 10.5. The summed E-state index contributed by atoms with van der Waals surface area (Å²) in [5, 5.41) is 15.1. The van der Waals surface area contributed by atoms with Crippen LogP contribution in [0.25, 0.3) is 11.4 Å². The normalized spacial score (nSPS) is 14.1. The van der Waals surface area contributed by atoms with E-state index in [1.807, 2.05) is 43.3 Å². The minimum Gasteiger partial charge on any atom is -0.382 e. The molecule has 2 atom stereocenters. The van der Waals surface area contributed by atoms with Crippen LogP contribution in [0.4, 0.5) is 14.5 Å². The van der Waals surface area contributed by atoms with Gasteiger partial charge in [0.15, 0.2) is 10.2 Å². The Morgan fingerprint density at radius 2 is 1.94 bits per heavy atom. The third-order valence-corrected chi connectivity index (χ3v) is 7.33. The predicted octanol–water partition coefficient (Wildman–Crippen LogP) is 4.21. The number of halogens is 2. The van der Waals surface area contributed by atoms with E-state index in [1.54, 1.807) is 6.92 Å². The molecule has 0 saturated heterocycles. The first kappa shape index (κ1) is 23.3. The van der Waals surface area contributed by atoms with Crippen molar-refractivity contribution in [1.29, 1.82) is 0 Å². The Labute approximate surface area is 198 Å². The number of anilines is 1. The molecule has 4 rings (SSSR count). The van der Waals surface area contributed by atoms with Crippen LogP contribution in [-0.2, 0) is 12.1 Å². The molecule has 0 aliphatic rings. The average molecular weight is 489 g/mol. The molecule has 0 saturated carbocycles. The molecule has 0 aliphatic carbocycles. The Hall–Kier alpha value is -2.89. The molecule has 7 nitrogen and oxygen atoms in total. The molecule has 2 aromatic carbocycles. The quantitative estimate of drug-likeness (QED) is 0.372. The van der Waals surface area contributed by atoms with E-state index in [-0.39, 0.29) is 12.1 Å². The second-order valence-electron chi connectivity index (χ2n) is 7.73. The second kappa shape index (κ2) is 9.54. The van der Waals surface area contributed by atoms with Crippen molar-refractivity contribution in [1.82, 2.24) is 24.1 Å². The first-order valence-corrected chi connectivity index (χ1v) is 11.7. The Balaban J connectivity index is 1.60. The zero-order valence-electron chi connectivity index (χ0n) is 18.2. The molecule has 2 heterocycles. The molecule has 1 N–H and O–H groups in total. The van der Waals surface area contributed by atoms with Crippen molar-refractivity contribution in [2.75, 3.05) is 19.0 Å². The van der Waals surface area contributed by atoms with E-state index in [0.29, 0.717) is 10.2 Å². The van der Waals surface area contributed by atoms with Gasteiger partial charge < -0.3 is 10.0 Å². The van der Waals surface area contributed by atoms with Gasteiger partial charge in [0.2, 0.25) is 0 Å². The van der Waals surface area contributed by atoms with E-state index in [0.717, 1.165) is 23.4 Å². The summed E-state index contributed by atoms with van der Waals surface area (Å²) >= 11 is 2.47. The molecule has 0 radical (unpaired) electrons. The lowest BCUT2D eigenvalue weighted by Gasteiger charge is -2.33. The zero-order valence-corrected chi connectivity index (χ0v) is 19.8. The SMILES string of the molecule is CC(Sc1nc(-c2ccc(N(C)C)cc2)ns1)C(O)(Cn1cncn1)c1ccc(F)cc1F. The van der Waals surface area contributed by atoms with Crippen molar-refractivity contribution in [2.24, 2.45) is 0 Å². The summed E-state index contributed by atoms with van der Waals surface area (Å²) in [5.41, 5.74) is 0.203. The highest BCUT2D eigenvalue weighted by Gasteiger charge is 2.40. The lowest BCUT2D eigenvalue weighted by molar-refractivity contribution is 0.0133. The number of rotatable bonds is 8. The minimum absolute atomic E-state index is 0.0246. The van der Waals surface area contributed by atoms with Crippen LogP contribution in [0, 0.1) is 11.6 Å². The molecule has 11 heteroatoms. The maximum Gasteiger partial charge on any atom is 0.174 e. The predicted molar refractivity (Wildman–Crippen MR) is 125 cm³/mol. The number of thioether (sulfide) groups is 1. The molecule has 172 valence electrons. The maximum atomic E-state index is 14.7. The van der Waals surface area contributed by atoms with Crippen LogP contribution in [0.15, 0.2) is 59.5 Å². The van der Waals surface area contributed by atoms with Gasteiger partial charge >= 0.3 is 0 Å². The van der Waals surface area contributed by atoms with E-state index in [4.69, 9.17) is 0 Å². The van der Waals surface area contributed by atoms with E-state index in [1.165, 1.54) is 46.7 Å². The van der Waals surface area contributed by atoms with Gasteiger partial charge in [0.1, 0.15) is 29.9 Å². The van der Waals surface area contributed by atoms with Crippen molar-refractivity contribution in [3.05, 3.63) is 72.3 Å². The van der Waals surface area contributed by atoms with Crippen LogP contribution in [0.3, 0.4) is 0 Å². The van der Waals surface area contributed by atoms with Crippen LogP contribution in [0.2, 0.25) is 0 Å². The van der Waals surface area contributed by atoms with Gasteiger partial charge in [0, 0.05) is 42.2 Å². The summed E-state index contributed by atoms with van der Waals surface area (Å²) in [6, 6.07) is 11.0. The first-order chi connectivity index (χ1) is 15.8. The topological polar surface area (TPSA) is 80.0 Å². The standard InChI is InChI=1S/C22H22F2N6OS2/c1-14(32-21-27-20(28-33-21)15-4-7-17(8-5-15)29(2)3)22(31,11-30-13-25-12-26-30)18-9-6-16(23)10-19(18)24/h4-10,12-14,31H,11H2,1-3H3. The number of aromatic nitrogens is 5. The van der Waals surface area contributed by atoms with Crippen LogP contribution in [-0.4, -0.2) is 48.6 Å². The highest BCUT2D eigenvalue weighted by Crippen LogP contribution is 2.40. The highest BCUT2D eigenvalue weighted by molar-refractivity contribution is 8.01. The maximum absolute atomic E-state index is 14.7. The van der Waals surface area contributed by atoms with Crippen molar-refractivity contribution >= 4 is 29.0 Å². The average Bonchev–Trinajstić information content (AvgIpc) is 3.46. The van der Waals surface area contributed by atoms with Crippen LogP contribution < -0.4 is 4.90 Å². The van der Waals surface area contributed by atoms with Crippen LogP contribution in [0.1, 0.15) is 12.5 Å². The summed E-state index contributed by atoms with van der Waals surface area (Å²) in [6.07, 6.45) is 2.77. The fraction of sp³-hybridized carbons (Fsp3) is 0.273. The van der Waals surface area contributed by atoms with Crippen LogP contribution in [0.5, 0.6) is 0 Å². The first-order valence-electron chi connectivity index (χ1n) is 10.0. The number of nitrogens with zero attached hydrogens (tertiary/aromatic N) is 6. The van der Waals surface area contributed by atoms with Gasteiger partial charge in [-0.15, -0.1) is 0 Å². The summed E-state index contributed by atoms with van der Waals surface area (Å²) in [6.45, 7) is 1.69. The van der Waals surface area contributed by atoms with Gasteiger partial charge in [-0.2, -0.15) is 9.47 Å². The monoisotopic (exact) mass is 488 g/mol. The Morgan fingerprint density at radius 3 is 2.58 bits per heavy atom. The molecule has 0 bridgehead atoms. The number of hydrogen-bond donors (Lipinski definition) is 1. The largest absolute Gasteiger partial charge is 0.382 e. The molecule has 0 amide bonds. The molecular weight excluding hydrogens is 466 g/mol. The van der Waals surface area contributed by atoms with Gasteiger partial charge in [0.05, 0.1) is 6.54 Å². The highest BCUT2D eigenvalue weighted by atomic mass is 32.2. The fourth-order valence-corrected chi connectivity index (χ4v) is 5.36. The van der Waals surface area contributed by atoms with E-state index < -0.39 is 22.5 Å².